The summed E-state index contributed by atoms with van der Waals surface area (Å²) < 4.78 is 16.7. The van der Waals surface area contributed by atoms with E-state index in [1.54, 1.807) is 0 Å². The van der Waals surface area contributed by atoms with Crippen molar-refractivity contribution in [2.75, 3.05) is 39.5 Å². The molecule has 2 aliphatic rings. The molecule has 1 aromatic carbocycles. The topological polar surface area (TPSA) is 68.8 Å². The van der Waals surface area contributed by atoms with Crippen molar-refractivity contribution in [1.29, 1.82) is 0 Å². The predicted octanol–water partition coefficient (Wildman–Crippen LogP) is 1.63. The monoisotopic (exact) mass is 362 g/mol. The molecule has 2 atom stereocenters. The van der Waals surface area contributed by atoms with Gasteiger partial charge in [0.05, 0.1) is 19.3 Å². The van der Waals surface area contributed by atoms with Crippen molar-refractivity contribution in [3.63, 3.8) is 0 Å². The number of carbonyl (C=O) groups excluding carboxylic acids is 1. The molecule has 2 aliphatic heterocycles. The average Bonchev–Trinajstić information content (AvgIpc) is 2.68. The maximum atomic E-state index is 12.7. The fraction of sp³-hybridized carbons (Fsp3) is 0.650. The summed E-state index contributed by atoms with van der Waals surface area (Å²) in [6.07, 6.45) is 1.68. The molecule has 0 unspecified atom stereocenters. The lowest BCUT2D eigenvalue weighted by molar-refractivity contribution is -0.129. The van der Waals surface area contributed by atoms with Gasteiger partial charge in [0, 0.05) is 31.7 Å². The number of morpholine rings is 1. The van der Waals surface area contributed by atoms with E-state index in [-0.39, 0.29) is 23.5 Å². The Morgan fingerprint density at radius 1 is 1.27 bits per heavy atom. The van der Waals surface area contributed by atoms with Gasteiger partial charge in [-0.25, -0.2) is 0 Å². The summed E-state index contributed by atoms with van der Waals surface area (Å²) in [5.41, 5.74) is 1.13. The Morgan fingerprint density at radius 2 is 2.00 bits per heavy atom. The fourth-order valence-corrected chi connectivity index (χ4v) is 3.79. The lowest BCUT2D eigenvalue weighted by Gasteiger charge is -2.39. The van der Waals surface area contributed by atoms with E-state index in [9.17, 15) is 4.79 Å². The van der Waals surface area contributed by atoms with Gasteiger partial charge < -0.3 is 24.8 Å². The molecular formula is C20H30N2O4. The fourth-order valence-electron chi connectivity index (χ4n) is 3.79. The van der Waals surface area contributed by atoms with Gasteiger partial charge in [0.25, 0.3) is 0 Å². The quantitative estimate of drug-likeness (QED) is 0.805. The summed E-state index contributed by atoms with van der Waals surface area (Å²) in [4.78, 5) is 12.7. The molecule has 2 saturated heterocycles. The highest BCUT2D eigenvalue weighted by atomic mass is 16.5. The van der Waals surface area contributed by atoms with E-state index >= 15 is 0 Å². The Morgan fingerprint density at radius 3 is 2.65 bits per heavy atom. The van der Waals surface area contributed by atoms with Gasteiger partial charge in [-0.05, 0) is 44.4 Å². The molecule has 0 spiro atoms. The Hall–Kier alpha value is -1.63. The van der Waals surface area contributed by atoms with Crippen LogP contribution in [0, 0.1) is 0 Å². The summed E-state index contributed by atoms with van der Waals surface area (Å²) >= 11 is 0. The van der Waals surface area contributed by atoms with Crippen LogP contribution in [-0.4, -0.2) is 57.6 Å². The average molecular weight is 362 g/mol. The number of ether oxygens (including phenoxy) is 3. The Balaban J connectivity index is 1.70. The molecule has 6 nitrogen and oxygen atoms in total. The number of benzene rings is 1. The maximum Gasteiger partial charge on any atom is 0.239 e. The lowest BCUT2D eigenvalue weighted by atomic mass is 9.74. The van der Waals surface area contributed by atoms with Crippen molar-refractivity contribution in [3.05, 3.63) is 29.8 Å². The highest BCUT2D eigenvalue weighted by molar-refractivity contribution is 5.82. The molecule has 0 bridgehead atoms. The summed E-state index contributed by atoms with van der Waals surface area (Å²) in [6, 6.07) is 7.97. The third kappa shape index (κ3) is 4.37. The van der Waals surface area contributed by atoms with Crippen LogP contribution in [0.1, 0.15) is 32.3 Å². The molecule has 26 heavy (non-hydrogen) atoms. The van der Waals surface area contributed by atoms with Crippen LogP contribution in [0.5, 0.6) is 5.75 Å². The van der Waals surface area contributed by atoms with Crippen LogP contribution in [0.15, 0.2) is 24.3 Å². The van der Waals surface area contributed by atoms with Gasteiger partial charge >= 0.3 is 0 Å². The van der Waals surface area contributed by atoms with Crippen molar-refractivity contribution in [2.45, 2.75) is 44.2 Å². The van der Waals surface area contributed by atoms with E-state index in [1.807, 2.05) is 26.0 Å². The number of nitrogens with one attached hydrogen (secondary N) is 2. The van der Waals surface area contributed by atoms with Crippen LogP contribution in [0.3, 0.4) is 0 Å². The molecule has 2 heterocycles. The van der Waals surface area contributed by atoms with Crippen molar-refractivity contribution in [3.8, 4) is 5.75 Å². The maximum absolute atomic E-state index is 12.7. The van der Waals surface area contributed by atoms with Crippen molar-refractivity contribution in [2.24, 2.45) is 0 Å². The summed E-state index contributed by atoms with van der Waals surface area (Å²) in [7, 11) is 0. The van der Waals surface area contributed by atoms with Crippen LogP contribution >= 0.6 is 0 Å². The van der Waals surface area contributed by atoms with E-state index < -0.39 is 0 Å². The van der Waals surface area contributed by atoms with E-state index in [0.29, 0.717) is 39.5 Å². The molecule has 0 aliphatic carbocycles. The highest BCUT2D eigenvalue weighted by Crippen LogP contribution is 2.35. The molecule has 2 N–H and O–H groups in total. The number of hydrogen-bond acceptors (Lipinski definition) is 5. The van der Waals surface area contributed by atoms with Gasteiger partial charge in [0.1, 0.15) is 11.8 Å². The zero-order valence-corrected chi connectivity index (χ0v) is 15.8. The molecule has 2 fully saturated rings. The second-order valence-electron chi connectivity index (χ2n) is 7.08. The van der Waals surface area contributed by atoms with Crippen molar-refractivity contribution >= 4 is 5.91 Å². The zero-order chi connectivity index (χ0) is 18.4. The third-order valence-corrected chi connectivity index (χ3v) is 5.43. The Bertz CT molecular complexity index is 584. The summed E-state index contributed by atoms with van der Waals surface area (Å²) in [6.45, 7) is 7.96. The standard InChI is InChI=1S/C20H30N2O4/c1-3-25-17-6-4-16(5-7-17)20(8-11-24-12-9-20)14-22-19(23)18-15(2)26-13-10-21-18/h4-7,15,18,21H,3,8-14H2,1-2H3,(H,22,23)/t15-,18+/m1/s1. The minimum Gasteiger partial charge on any atom is -0.494 e. The van der Waals surface area contributed by atoms with Crippen LogP contribution in [0.25, 0.3) is 0 Å². The molecule has 6 heteroatoms. The zero-order valence-electron chi connectivity index (χ0n) is 15.8. The van der Waals surface area contributed by atoms with E-state index in [0.717, 1.165) is 18.6 Å². The molecular weight excluding hydrogens is 332 g/mol. The molecule has 1 aromatic rings. The van der Waals surface area contributed by atoms with Crippen molar-refractivity contribution < 1.29 is 19.0 Å². The van der Waals surface area contributed by atoms with Gasteiger partial charge in [0.2, 0.25) is 5.91 Å². The van der Waals surface area contributed by atoms with Gasteiger partial charge in [-0.15, -0.1) is 0 Å². The first kappa shape index (κ1) is 19.1. The molecule has 3 rings (SSSR count). The van der Waals surface area contributed by atoms with Crippen LogP contribution in [-0.2, 0) is 19.7 Å². The molecule has 0 radical (unpaired) electrons. The summed E-state index contributed by atoms with van der Waals surface area (Å²) in [5, 5.41) is 6.42. The van der Waals surface area contributed by atoms with Gasteiger partial charge in [-0.1, -0.05) is 12.1 Å². The van der Waals surface area contributed by atoms with E-state index in [2.05, 4.69) is 22.8 Å². The molecule has 144 valence electrons. The van der Waals surface area contributed by atoms with Gasteiger partial charge in [0.15, 0.2) is 0 Å². The predicted molar refractivity (Wildman–Crippen MR) is 99.6 cm³/mol. The number of rotatable bonds is 6. The Labute approximate surface area is 155 Å². The van der Waals surface area contributed by atoms with Gasteiger partial charge in [-0.3, -0.25) is 4.79 Å². The first-order chi connectivity index (χ1) is 12.6. The van der Waals surface area contributed by atoms with Crippen molar-refractivity contribution in [1.82, 2.24) is 10.6 Å². The first-order valence-electron chi connectivity index (χ1n) is 9.58. The second kappa shape index (κ2) is 8.84. The van der Waals surface area contributed by atoms with Crippen LogP contribution < -0.4 is 15.4 Å². The number of carbonyl (C=O) groups is 1. The molecule has 0 aromatic heterocycles. The SMILES string of the molecule is CCOc1ccc(C2(CNC(=O)[C@H]3NCCO[C@@H]3C)CCOCC2)cc1. The number of amides is 1. The largest absolute Gasteiger partial charge is 0.494 e. The Kier molecular flexibility index (Phi) is 6.51. The first-order valence-corrected chi connectivity index (χ1v) is 9.58. The third-order valence-electron chi connectivity index (χ3n) is 5.43. The highest BCUT2D eigenvalue weighted by Gasteiger charge is 2.36. The normalized spacial score (nSPS) is 25.5. The van der Waals surface area contributed by atoms with E-state index in [4.69, 9.17) is 14.2 Å². The molecule has 1 amide bonds. The van der Waals surface area contributed by atoms with E-state index in [1.165, 1.54) is 5.56 Å². The van der Waals surface area contributed by atoms with Crippen LogP contribution in [0.4, 0.5) is 0 Å². The van der Waals surface area contributed by atoms with Gasteiger partial charge in [-0.2, -0.15) is 0 Å². The van der Waals surface area contributed by atoms with Crippen LogP contribution in [0.2, 0.25) is 0 Å². The second-order valence-corrected chi connectivity index (χ2v) is 7.08. The lowest BCUT2D eigenvalue weighted by Crippen LogP contribution is -2.57. The molecule has 0 saturated carbocycles. The minimum absolute atomic E-state index is 0.00834. The number of hydrogen-bond donors (Lipinski definition) is 2. The summed E-state index contributed by atoms with van der Waals surface area (Å²) in [5.74, 6) is 0.883. The smallest absolute Gasteiger partial charge is 0.239 e. The minimum atomic E-state index is -0.291.